The van der Waals surface area contributed by atoms with E-state index in [-0.39, 0.29) is 18.0 Å². The number of hydrogen-bond donors (Lipinski definition) is 2. The summed E-state index contributed by atoms with van der Waals surface area (Å²) in [4.78, 5) is 29.0. The number of rotatable bonds is 7. The van der Waals surface area contributed by atoms with E-state index >= 15 is 0 Å². The average Bonchev–Trinajstić information content (AvgIpc) is 3.28. The first-order chi connectivity index (χ1) is 17.0. The quantitative estimate of drug-likeness (QED) is 0.454. The summed E-state index contributed by atoms with van der Waals surface area (Å²) in [6.07, 6.45) is 1.68. The molecule has 0 bridgehead atoms. The van der Waals surface area contributed by atoms with E-state index < -0.39 is 17.1 Å². The Morgan fingerprint density at radius 3 is 2.47 bits per heavy atom. The first kappa shape index (κ1) is 24.2. The van der Waals surface area contributed by atoms with Crippen LogP contribution in [0.2, 0.25) is 0 Å². The van der Waals surface area contributed by atoms with E-state index in [9.17, 15) is 9.59 Å². The Morgan fingerprint density at radius 2 is 1.75 bits per heavy atom. The molecule has 0 atom stereocenters. The van der Waals surface area contributed by atoms with Crippen LogP contribution < -0.4 is 14.8 Å². The number of fused-ring (bicyclic) bond motifs is 2. The second-order valence-corrected chi connectivity index (χ2v) is 11.6. The fourth-order valence-electron chi connectivity index (χ4n) is 4.76. The third kappa shape index (κ3) is 4.79. The van der Waals surface area contributed by atoms with Crippen molar-refractivity contribution in [2.75, 3.05) is 13.3 Å². The third-order valence-corrected chi connectivity index (χ3v) is 7.06. The van der Waals surface area contributed by atoms with Gasteiger partial charge in [0, 0.05) is 29.6 Å². The van der Waals surface area contributed by atoms with Gasteiger partial charge in [0.25, 0.3) is 0 Å². The van der Waals surface area contributed by atoms with Crippen LogP contribution >= 0.6 is 0 Å². The van der Waals surface area contributed by atoms with Crippen molar-refractivity contribution in [3.05, 3.63) is 59.3 Å². The van der Waals surface area contributed by atoms with E-state index in [1.807, 2.05) is 51.1 Å². The standard InChI is InChI=1S/C29H34N2O5/c1-27(2,3)36-26(33)30-16-28(4,5)24-14-19-12-18(6-8-21(19)31-24)13-25(32)29(10-11-29)20-7-9-22-23(15-20)35-17-34-22/h6-9,12,14-15,31H,10-11,13,16-17H2,1-5H3,(H,30,33). The number of carbonyl (C=O) groups excluding carboxylic acids is 2. The maximum absolute atomic E-state index is 13.4. The van der Waals surface area contributed by atoms with Crippen LogP contribution in [-0.2, 0) is 26.8 Å². The minimum absolute atomic E-state index is 0.228. The molecule has 1 amide bonds. The van der Waals surface area contributed by atoms with Gasteiger partial charge in [0.05, 0.1) is 5.41 Å². The number of ether oxygens (including phenoxy) is 3. The van der Waals surface area contributed by atoms with Crippen LogP contribution in [-0.4, -0.2) is 35.8 Å². The smallest absolute Gasteiger partial charge is 0.407 e. The summed E-state index contributed by atoms with van der Waals surface area (Å²) in [5, 5.41) is 3.92. The summed E-state index contributed by atoms with van der Waals surface area (Å²) < 4.78 is 16.3. The van der Waals surface area contributed by atoms with E-state index in [1.54, 1.807) is 0 Å². The first-order valence-electron chi connectivity index (χ1n) is 12.5. The van der Waals surface area contributed by atoms with Crippen molar-refractivity contribution in [1.29, 1.82) is 0 Å². The highest BCUT2D eigenvalue weighted by molar-refractivity contribution is 5.95. The number of carbonyl (C=O) groups is 2. The van der Waals surface area contributed by atoms with Gasteiger partial charge in [0.15, 0.2) is 11.5 Å². The average molecular weight is 491 g/mol. The molecule has 1 aromatic heterocycles. The molecule has 0 unspecified atom stereocenters. The molecule has 2 aromatic carbocycles. The number of aromatic nitrogens is 1. The summed E-state index contributed by atoms with van der Waals surface area (Å²) >= 11 is 0. The van der Waals surface area contributed by atoms with E-state index in [0.29, 0.717) is 13.0 Å². The number of Topliss-reactive ketones (excluding diaryl/α,β-unsaturated/α-hetero) is 1. The number of aromatic amines is 1. The maximum Gasteiger partial charge on any atom is 0.407 e. The van der Waals surface area contributed by atoms with Crippen molar-refractivity contribution in [3.63, 3.8) is 0 Å². The molecule has 3 aromatic rings. The summed E-state index contributed by atoms with van der Waals surface area (Å²) in [6, 6.07) is 14.1. The fraction of sp³-hybridized carbons (Fsp3) is 0.448. The minimum Gasteiger partial charge on any atom is -0.454 e. The fourth-order valence-corrected chi connectivity index (χ4v) is 4.76. The zero-order valence-corrected chi connectivity index (χ0v) is 21.6. The van der Waals surface area contributed by atoms with Crippen LogP contribution in [0, 0.1) is 0 Å². The lowest BCUT2D eigenvalue weighted by atomic mass is 9.87. The number of ketones is 1. The van der Waals surface area contributed by atoms with Gasteiger partial charge in [-0.15, -0.1) is 0 Å². The first-order valence-corrected chi connectivity index (χ1v) is 12.5. The predicted octanol–water partition coefficient (Wildman–Crippen LogP) is 5.54. The van der Waals surface area contributed by atoms with Crippen LogP contribution in [0.25, 0.3) is 10.9 Å². The zero-order valence-electron chi connectivity index (χ0n) is 21.6. The largest absolute Gasteiger partial charge is 0.454 e. The van der Waals surface area contributed by atoms with Gasteiger partial charge >= 0.3 is 6.09 Å². The van der Waals surface area contributed by atoms with Crippen molar-refractivity contribution in [2.24, 2.45) is 0 Å². The molecule has 7 heteroatoms. The highest BCUT2D eigenvalue weighted by Gasteiger charge is 2.50. The monoisotopic (exact) mass is 490 g/mol. The molecule has 0 saturated heterocycles. The van der Waals surface area contributed by atoms with E-state index in [2.05, 4.69) is 36.3 Å². The molecule has 1 aliphatic heterocycles. The van der Waals surface area contributed by atoms with E-state index in [1.165, 1.54) is 0 Å². The minimum atomic E-state index is -0.537. The van der Waals surface area contributed by atoms with Crippen molar-refractivity contribution in [1.82, 2.24) is 10.3 Å². The molecule has 36 heavy (non-hydrogen) atoms. The Balaban J connectivity index is 1.28. The number of H-pyrrole nitrogens is 1. The zero-order chi connectivity index (χ0) is 25.7. The van der Waals surface area contributed by atoms with Crippen molar-refractivity contribution < 1.29 is 23.8 Å². The summed E-state index contributed by atoms with van der Waals surface area (Å²) in [6.45, 7) is 10.3. The van der Waals surface area contributed by atoms with Gasteiger partial charge in [0.2, 0.25) is 6.79 Å². The highest BCUT2D eigenvalue weighted by atomic mass is 16.7. The topological polar surface area (TPSA) is 89.7 Å². The second kappa shape index (κ2) is 8.57. The molecule has 1 saturated carbocycles. The molecule has 1 fully saturated rings. The van der Waals surface area contributed by atoms with Crippen LogP contribution in [0.5, 0.6) is 11.5 Å². The van der Waals surface area contributed by atoms with Gasteiger partial charge in [0.1, 0.15) is 11.4 Å². The summed E-state index contributed by atoms with van der Waals surface area (Å²) in [5.74, 6) is 1.69. The Morgan fingerprint density at radius 1 is 1.00 bits per heavy atom. The lowest BCUT2D eigenvalue weighted by molar-refractivity contribution is -0.120. The van der Waals surface area contributed by atoms with Crippen LogP contribution in [0.4, 0.5) is 4.79 Å². The lowest BCUT2D eigenvalue weighted by Gasteiger charge is -2.25. The van der Waals surface area contributed by atoms with Gasteiger partial charge in [-0.1, -0.05) is 26.0 Å². The number of amides is 1. The Labute approximate surface area is 211 Å². The molecule has 190 valence electrons. The van der Waals surface area contributed by atoms with E-state index in [4.69, 9.17) is 14.2 Å². The predicted molar refractivity (Wildman–Crippen MR) is 138 cm³/mol. The molecular weight excluding hydrogens is 456 g/mol. The summed E-state index contributed by atoms with van der Waals surface area (Å²) in [7, 11) is 0. The van der Waals surface area contributed by atoms with Crippen LogP contribution in [0.1, 0.15) is 64.3 Å². The molecule has 5 rings (SSSR count). The number of nitrogens with one attached hydrogen (secondary N) is 2. The molecule has 2 N–H and O–H groups in total. The second-order valence-electron chi connectivity index (χ2n) is 11.6. The highest BCUT2D eigenvalue weighted by Crippen LogP contribution is 2.51. The molecular formula is C29H34N2O5. The van der Waals surface area contributed by atoms with Crippen LogP contribution in [0.3, 0.4) is 0 Å². The number of hydrogen-bond acceptors (Lipinski definition) is 5. The Kier molecular flexibility index (Phi) is 5.77. The van der Waals surface area contributed by atoms with Gasteiger partial charge in [-0.25, -0.2) is 4.79 Å². The van der Waals surface area contributed by atoms with Crippen molar-refractivity contribution >= 4 is 22.8 Å². The lowest BCUT2D eigenvalue weighted by Crippen LogP contribution is -2.39. The van der Waals surface area contributed by atoms with Gasteiger partial charge < -0.3 is 24.5 Å². The maximum atomic E-state index is 13.4. The third-order valence-electron chi connectivity index (χ3n) is 7.06. The molecule has 7 nitrogen and oxygen atoms in total. The normalized spacial score (nSPS) is 16.1. The number of benzene rings is 2. The number of alkyl carbamates (subject to hydrolysis) is 1. The Hall–Kier alpha value is -3.48. The van der Waals surface area contributed by atoms with E-state index in [0.717, 1.165) is 52.1 Å². The van der Waals surface area contributed by atoms with Crippen molar-refractivity contribution in [3.8, 4) is 11.5 Å². The van der Waals surface area contributed by atoms with Crippen molar-refractivity contribution in [2.45, 2.75) is 70.3 Å². The van der Waals surface area contributed by atoms with Gasteiger partial charge in [-0.3, -0.25) is 4.79 Å². The molecule has 0 spiro atoms. The SMILES string of the molecule is CC(C)(C)OC(=O)NCC(C)(C)c1cc2cc(CC(=O)C3(c4ccc5c(c4)OCO5)CC3)ccc2[nH]1. The molecule has 2 aliphatic rings. The molecule has 1 aliphatic carbocycles. The Bertz CT molecular complexity index is 1330. The molecule has 0 radical (unpaired) electrons. The molecule has 2 heterocycles. The summed E-state index contributed by atoms with van der Waals surface area (Å²) in [5.41, 5.74) is 2.73. The van der Waals surface area contributed by atoms with Gasteiger partial charge in [-0.05, 0) is 80.5 Å². The van der Waals surface area contributed by atoms with Gasteiger partial charge in [-0.2, -0.15) is 0 Å². The van der Waals surface area contributed by atoms with Crippen LogP contribution in [0.15, 0.2) is 42.5 Å².